The van der Waals surface area contributed by atoms with E-state index >= 15 is 0 Å². The number of carbonyl (C=O) groups is 1. The smallest absolute Gasteiger partial charge is 0.267 e. The van der Waals surface area contributed by atoms with Crippen LogP contribution in [0.3, 0.4) is 0 Å². The third-order valence-corrected chi connectivity index (χ3v) is 7.70. The molecule has 3 aromatic heterocycles. The second-order valence-electron chi connectivity index (χ2n) is 7.40. The molecule has 0 saturated carbocycles. The molecule has 9 heteroatoms. The van der Waals surface area contributed by atoms with E-state index in [0.29, 0.717) is 21.1 Å². The topological polar surface area (TPSA) is 76.9 Å². The molecule has 6 nitrogen and oxygen atoms in total. The molecule has 0 bridgehead atoms. The molecule has 164 valence electrons. The van der Waals surface area contributed by atoms with E-state index in [9.17, 15) is 9.59 Å². The second kappa shape index (κ2) is 9.05. The molecule has 4 aromatic rings. The molecule has 4 rings (SSSR count). The molecule has 0 radical (unpaired) electrons. The van der Waals surface area contributed by atoms with E-state index in [1.54, 1.807) is 22.9 Å². The van der Waals surface area contributed by atoms with Crippen molar-refractivity contribution < 1.29 is 4.79 Å². The average Bonchev–Trinajstić information content (AvgIpc) is 3.04. The van der Waals surface area contributed by atoms with Gasteiger partial charge in [0.25, 0.3) is 5.56 Å². The molecule has 1 amide bonds. The van der Waals surface area contributed by atoms with Gasteiger partial charge in [-0.1, -0.05) is 35.5 Å². The SMILES string of the molecule is Cc1cccc(-n2c(SCC(=O)Nc3cccnc3Cl)nc3sc(C)c(C)c3c2=O)c1C. The van der Waals surface area contributed by atoms with Crippen LogP contribution < -0.4 is 10.9 Å². The summed E-state index contributed by atoms with van der Waals surface area (Å²) in [6.45, 7) is 7.93. The zero-order valence-corrected chi connectivity index (χ0v) is 20.4. The van der Waals surface area contributed by atoms with Crippen LogP contribution >= 0.6 is 34.7 Å². The number of anilines is 1. The van der Waals surface area contributed by atoms with Crippen LogP contribution in [-0.2, 0) is 4.79 Å². The van der Waals surface area contributed by atoms with Crippen molar-refractivity contribution in [2.24, 2.45) is 0 Å². The summed E-state index contributed by atoms with van der Waals surface area (Å²) in [5.41, 5.74) is 4.11. The number of hydrogen-bond acceptors (Lipinski definition) is 6. The van der Waals surface area contributed by atoms with Crippen LogP contribution in [-0.4, -0.2) is 26.2 Å². The number of amides is 1. The minimum atomic E-state index is -0.259. The number of carbonyl (C=O) groups excluding carboxylic acids is 1. The van der Waals surface area contributed by atoms with Crippen molar-refractivity contribution in [2.45, 2.75) is 32.9 Å². The molecule has 0 atom stereocenters. The van der Waals surface area contributed by atoms with Gasteiger partial charge >= 0.3 is 0 Å². The Balaban J connectivity index is 1.76. The van der Waals surface area contributed by atoms with Crippen LogP contribution in [0.2, 0.25) is 5.15 Å². The first-order valence-electron chi connectivity index (χ1n) is 9.90. The van der Waals surface area contributed by atoms with Gasteiger partial charge < -0.3 is 5.32 Å². The second-order valence-corrected chi connectivity index (χ2v) is 9.90. The fourth-order valence-corrected chi connectivity index (χ4v) is 5.40. The predicted octanol–water partition coefficient (Wildman–Crippen LogP) is 5.46. The Bertz CT molecular complexity index is 1410. The number of pyridine rings is 1. The number of nitrogens with zero attached hydrogens (tertiary/aromatic N) is 3. The highest BCUT2D eigenvalue weighted by Crippen LogP contribution is 2.30. The van der Waals surface area contributed by atoms with Crippen LogP contribution in [0.5, 0.6) is 0 Å². The van der Waals surface area contributed by atoms with Crippen molar-refractivity contribution in [3.63, 3.8) is 0 Å². The maximum absolute atomic E-state index is 13.6. The average molecular weight is 485 g/mol. The number of benzene rings is 1. The standard InChI is InChI=1S/C23H21ClN4O2S2/c1-12-7-5-9-17(13(12)2)28-22(30)19-14(3)15(4)32-21(19)27-23(28)31-11-18(29)26-16-8-6-10-25-20(16)24/h5-10H,11H2,1-4H3,(H,26,29). The van der Waals surface area contributed by atoms with Crippen LogP contribution in [0.1, 0.15) is 21.6 Å². The predicted molar refractivity (Wildman–Crippen MR) is 133 cm³/mol. The van der Waals surface area contributed by atoms with Crippen molar-refractivity contribution in [3.05, 3.63) is 73.6 Å². The fraction of sp³-hybridized carbons (Fsp3) is 0.217. The number of aromatic nitrogens is 3. The van der Waals surface area contributed by atoms with Gasteiger partial charge in [-0.15, -0.1) is 11.3 Å². The summed E-state index contributed by atoms with van der Waals surface area (Å²) in [5, 5.41) is 4.09. The molecule has 0 aliphatic carbocycles. The largest absolute Gasteiger partial charge is 0.323 e. The monoisotopic (exact) mass is 484 g/mol. The molecule has 0 aliphatic heterocycles. The van der Waals surface area contributed by atoms with Gasteiger partial charge in [0, 0.05) is 11.1 Å². The Morgan fingerprint density at radius 2 is 1.94 bits per heavy atom. The lowest BCUT2D eigenvalue weighted by Crippen LogP contribution is -2.23. The van der Waals surface area contributed by atoms with E-state index in [4.69, 9.17) is 16.6 Å². The number of rotatable bonds is 5. The Morgan fingerprint density at radius 1 is 1.16 bits per heavy atom. The molecule has 3 heterocycles. The normalized spacial score (nSPS) is 11.2. The zero-order valence-electron chi connectivity index (χ0n) is 18.0. The Hall–Kier alpha value is -2.68. The van der Waals surface area contributed by atoms with Gasteiger partial charge in [0.2, 0.25) is 5.91 Å². The summed E-state index contributed by atoms with van der Waals surface area (Å²) in [6.07, 6.45) is 1.56. The first kappa shape index (κ1) is 22.5. The highest BCUT2D eigenvalue weighted by Gasteiger charge is 2.20. The molecule has 0 unspecified atom stereocenters. The number of fused-ring (bicyclic) bond motifs is 1. The van der Waals surface area contributed by atoms with Gasteiger partial charge in [-0.25, -0.2) is 9.97 Å². The van der Waals surface area contributed by atoms with Gasteiger partial charge in [-0.3, -0.25) is 14.2 Å². The molecular weight excluding hydrogens is 464 g/mol. The number of thioether (sulfide) groups is 1. The number of halogens is 1. The summed E-state index contributed by atoms with van der Waals surface area (Å²) in [5.74, 6) is -0.192. The number of hydrogen-bond donors (Lipinski definition) is 1. The van der Waals surface area contributed by atoms with E-state index in [1.807, 2.05) is 45.9 Å². The van der Waals surface area contributed by atoms with Gasteiger partial charge in [0.15, 0.2) is 10.3 Å². The van der Waals surface area contributed by atoms with E-state index in [2.05, 4.69) is 10.3 Å². The van der Waals surface area contributed by atoms with Crippen LogP contribution in [0.15, 0.2) is 46.5 Å². The Labute approximate surface area is 198 Å². The Morgan fingerprint density at radius 3 is 2.69 bits per heavy atom. The summed E-state index contributed by atoms with van der Waals surface area (Å²) >= 11 is 8.75. The third-order valence-electron chi connectivity index (χ3n) is 5.35. The summed E-state index contributed by atoms with van der Waals surface area (Å²) in [6, 6.07) is 9.22. The van der Waals surface area contributed by atoms with Crippen LogP contribution in [0.25, 0.3) is 15.9 Å². The highest BCUT2D eigenvalue weighted by atomic mass is 35.5. The van der Waals surface area contributed by atoms with Gasteiger partial charge in [0.1, 0.15) is 4.83 Å². The summed E-state index contributed by atoms with van der Waals surface area (Å²) < 4.78 is 1.62. The molecule has 0 saturated heterocycles. The first-order chi connectivity index (χ1) is 15.3. The molecule has 0 fully saturated rings. The van der Waals surface area contributed by atoms with Gasteiger partial charge in [-0.05, 0) is 62.6 Å². The van der Waals surface area contributed by atoms with Crippen LogP contribution in [0.4, 0.5) is 5.69 Å². The molecule has 32 heavy (non-hydrogen) atoms. The molecule has 1 aromatic carbocycles. The molecule has 0 spiro atoms. The van der Waals surface area contributed by atoms with E-state index in [0.717, 1.165) is 27.3 Å². The van der Waals surface area contributed by atoms with Crippen molar-refractivity contribution in [3.8, 4) is 5.69 Å². The minimum absolute atomic E-state index is 0.0668. The van der Waals surface area contributed by atoms with E-state index < -0.39 is 0 Å². The van der Waals surface area contributed by atoms with Crippen LogP contribution in [0, 0.1) is 27.7 Å². The third kappa shape index (κ3) is 4.18. The zero-order chi connectivity index (χ0) is 23.0. The maximum atomic E-state index is 13.6. The van der Waals surface area contributed by atoms with Crippen molar-refractivity contribution in [1.29, 1.82) is 0 Å². The maximum Gasteiger partial charge on any atom is 0.267 e. The van der Waals surface area contributed by atoms with Crippen molar-refractivity contribution in [1.82, 2.24) is 14.5 Å². The van der Waals surface area contributed by atoms with Crippen molar-refractivity contribution >= 4 is 56.5 Å². The lowest BCUT2D eigenvalue weighted by atomic mass is 10.1. The van der Waals surface area contributed by atoms with Gasteiger partial charge in [-0.2, -0.15) is 0 Å². The molecule has 1 N–H and O–H groups in total. The summed E-state index contributed by atoms with van der Waals surface area (Å²) in [4.78, 5) is 36.7. The minimum Gasteiger partial charge on any atom is -0.323 e. The number of nitrogens with one attached hydrogen (secondary N) is 1. The quantitative estimate of drug-likeness (QED) is 0.231. The number of aryl methyl sites for hydroxylation is 3. The van der Waals surface area contributed by atoms with Crippen molar-refractivity contribution in [2.75, 3.05) is 11.1 Å². The van der Waals surface area contributed by atoms with Gasteiger partial charge in [0.05, 0.1) is 22.5 Å². The molecular formula is C23H21ClN4O2S2. The highest BCUT2D eigenvalue weighted by molar-refractivity contribution is 7.99. The lowest BCUT2D eigenvalue weighted by molar-refractivity contribution is -0.113. The lowest BCUT2D eigenvalue weighted by Gasteiger charge is -2.15. The number of thiophene rings is 1. The molecule has 0 aliphatic rings. The van der Waals surface area contributed by atoms with E-state index in [1.165, 1.54) is 23.1 Å². The summed E-state index contributed by atoms with van der Waals surface area (Å²) in [7, 11) is 0. The first-order valence-corrected chi connectivity index (χ1v) is 12.1. The fourth-order valence-electron chi connectivity index (χ4n) is 3.36. The van der Waals surface area contributed by atoms with E-state index in [-0.39, 0.29) is 22.4 Å². The Kier molecular flexibility index (Phi) is 6.37.